The number of rotatable bonds is 63. The Morgan fingerprint density at radius 3 is 1.03 bits per heavy atom. The monoisotopic (exact) mass is 1950 g/mol. The normalized spacial score (nSPS) is 23.5. The molecule has 0 aromatic carbocycles. The summed E-state index contributed by atoms with van der Waals surface area (Å²) in [5.74, 6) is -12.9. The van der Waals surface area contributed by atoms with Gasteiger partial charge in [-0.25, -0.2) is 4.67 Å². The molecule has 3 saturated heterocycles. The van der Waals surface area contributed by atoms with Crippen molar-refractivity contribution >= 4 is 110 Å². The van der Waals surface area contributed by atoms with Crippen molar-refractivity contribution in [3.63, 3.8) is 0 Å². The van der Waals surface area contributed by atoms with Crippen molar-refractivity contribution in [1.82, 2.24) is 46.8 Å². The van der Waals surface area contributed by atoms with Crippen LogP contribution in [0.4, 0.5) is 0 Å². The number of hydrogen-bond donors (Lipinski definition) is 7. The van der Waals surface area contributed by atoms with Crippen molar-refractivity contribution < 1.29 is 190 Å². The lowest BCUT2D eigenvalue weighted by Gasteiger charge is -2.44. The number of nitriles is 1. The number of ether oxygens (including phenoxy) is 21. The number of carbonyl (C=O) groups excluding carboxylic acids is 17. The maximum atomic E-state index is 15.2. The van der Waals surface area contributed by atoms with Gasteiger partial charge in [-0.05, 0) is 46.0 Å². The standard InChI is InChI=1S/C84H135N10O40P/c1-16-94(49(2)3)135(124-28-17-24-85)134-63-20-18-62(19-21-63)80(110)92-64(22-23-68(107)86-25-29-112-32-35-115-38-41-118-82-71(89-50(4)95)77(128-59(13)104)74(125-56(10)101)65(131-82)46-121-53(7)98)81(111)93(44-69(108)87-26-30-113-33-36-116-39-42-119-83-72(90-51(5)96)78(129-60(14)105)75(126-57(11)102)66(132-83)47-122-54(8)99)45-70(109)88-27-31-114-34-37-117-40-43-120-84-73(91-52(6)97)79(130-61(15)106)76(127-58(12)103)67(133-84)48-123-55(9)100/h49,62-67,71-79,82-84H,16-23,25-48H2,1-15H3,(H,86,107)(H,87,108)(H,88,109)(H,89,95)(H,90,96)(H,91,97)(H,92,110). The van der Waals surface area contributed by atoms with Crippen LogP contribution in [0.25, 0.3) is 0 Å². The summed E-state index contributed by atoms with van der Waals surface area (Å²) in [6.45, 7) is 15.9. The number of nitrogens with one attached hydrogen (secondary N) is 7. The Kier molecular flexibility index (Phi) is 56.8. The number of nitrogens with zero attached hydrogens (tertiary/aromatic N) is 3. The summed E-state index contributed by atoms with van der Waals surface area (Å²) >= 11 is 0. The highest BCUT2D eigenvalue weighted by Gasteiger charge is 2.55. The molecule has 0 bridgehead atoms. The molecule has 3 heterocycles. The van der Waals surface area contributed by atoms with Gasteiger partial charge in [-0.3, -0.25) is 81.5 Å². The van der Waals surface area contributed by atoms with Gasteiger partial charge in [-0.1, -0.05) is 6.92 Å². The molecule has 4 fully saturated rings. The van der Waals surface area contributed by atoms with Gasteiger partial charge in [-0.15, -0.1) is 0 Å². The molecule has 0 aromatic rings. The van der Waals surface area contributed by atoms with Crippen molar-refractivity contribution in [1.29, 1.82) is 5.26 Å². The molecule has 17 atom stereocenters. The first-order valence-electron chi connectivity index (χ1n) is 44.4. The predicted molar refractivity (Wildman–Crippen MR) is 459 cm³/mol. The van der Waals surface area contributed by atoms with E-state index in [0.717, 1.165) is 67.2 Å². The number of amides is 8. The average molecular weight is 1960 g/mol. The molecule has 135 heavy (non-hydrogen) atoms. The van der Waals surface area contributed by atoms with Gasteiger partial charge in [0, 0.05) is 128 Å². The predicted octanol–water partition coefficient (Wildman–Crippen LogP) is -1.99. The lowest BCUT2D eigenvalue weighted by atomic mass is 9.86. The minimum atomic E-state index is -1.59. The summed E-state index contributed by atoms with van der Waals surface area (Å²) in [6.07, 6.45) is -15.3. The highest BCUT2D eigenvalue weighted by atomic mass is 31.2. The van der Waals surface area contributed by atoms with E-state index >= 15 is 4.79 Å². The molecule has 3 aliphatic heterocycles. The third-order valence-corrected chi connectivity index (χ3v) is 21.7. The topological polar surface area (TPSA) is 617 Å². The highest BCUT2D eigenvalue weighted by molar-refractivity contribution is 7.44. The van der Waals surface area contributed by atoms with Crippen LogP contribution in [0.3, 0.4) is 0 Å². The van der Waals surface area contributed by atoms with Crippen molar-refractivity contribution in [3.05, 3.63) is 0 Å². The van der Waals surface area contributed by atoms with Crippen LogP contribution in [0.15, 0.2) is 0 Å². The van der Waals surface area contributed by atoms with E-state index in [1.165, 1.54) is 20.8 Å². The molecule has 1 aliphatic carbocycles. The summed E-state index contributed by atoms with van der Waals surface area (Å²) in [7, 11) is -1.59. The van der Waals surface area contributed by atoms with Crippen LogP contribution in [0.1, 0.15) is 149 Å². The van der Waals surface area contributed by atoms with Gasteiger partial charge in [0.15, 0.2) is 55.5 Å². The molecule has 0 spiro atoms. The van der Waals surface area contributed by atoms with Gasteiger partial charge in [0.05, 0.1) is 124 Å². The zero-order chi connectivity index (χ0) is 100. The second kappa shape index (κ2) is 65.2. The minimum absolute atomic E-state index is 0.00475. The Hall–Kier alpha value is -9.69. The Morgan fingerprint density at radius 2 is 0.726 bits per heavy atom. The molecule has 50 nitrogen and oxygen atoms in total. The molecule has 7 N–H and O–H groups in total. The first-order chi connectivity index (χ1) is 64.2. The van der Waals surface area contributed by atoms with Crippen molar-refractivity contribution in [2.45, 2.75) is 259 Å². The van der Waals surface area contributed by atoms with Crippen molar-refractivity contribution in [2.75, 3.05) is 165 Å². The van der Waals surface area contributed by atoms with E-state index in [-0.39, 0.29) is 157 Å². The zero-order valence-electron chi connectivity index (χ0n) is 79.2. The number of hydrogen-bond acceptors (Lipinski definition) is 42. The molecule has 4 rings (SSSR count). The molecule has 766 valence electrons. The highest BCUT2D eigenvalue weighted by Crippen LogP contribution is 2.48. The maximum absolute atomic E-state index is 15.2. The molecule has 1 saturated carbocycles. The lowest BCUT2D eigenvalue weighted by molar-refractivity contribution is -0.279. The molecule has 17 unspecified atom stereocenters. The fraction of sp³-hybridized carbons (Fsp3) is 0.786. The fourth-order valence-electron chi connectivity index (χ4n) is 14.1. The van der Waals surface area contributed by atoms with Crippen LogP contribution >= 0.6 is 8.53 Å². The van der Waals surface area contributed by atoms with E-state index in [1.807, 2.05) is 25.4 Å². The molecule has 51 heteroatoms. The van der Waals surface area contributed by atoms with Gasteiger partial charge >= 0.3 is 53.7 Å². The second-order valence-electron chi connectivity index (χ2n) is 31.2. The molecule has 4 aliphatic rings. The van der Waals surface area contributed by atoms with Gasteiger partial charge in [-0.2, -0.15) is 5.26 Å². The van der Waals surface area contributed by atoms with E-state index in [1.54, 1.807) is 0 Å². The van der Waals surface area contributed by atoms with Crippen LogP contribution in [0, 0.1) is 17.2 Å². The summed E-state index contributed by atoms with van der Waals surface area (Å²) in [5.41, 5.74) is 0. The first-order valence-corrected chi connectivity index (χ1v) is 45.5. The SMILES string of the molecule is CCN(C(C)C)P(OCCC#N)OC1CCC(C(=O)NC(CCC(=O)NCCOCCOCCOC2OC(COC(C)=O)C(OC(C)=O)C(OC(C)=O)C2NC(C)=O)C(=O)N(CC(=O)NCCOCCOCCOC2OC(COC(C)=O)C(OC(C)=O)C(OC(C)=O)C2NC(C)=O)CC(=O)NCCOCCOCCOC2OC(COC(C)=O)C(OC(C)=O)C(OC(C)=O)C2NC(C)=O)CC1. The number of esters is 9. The van der Waals surface area contributed by atoms with Gasteiger partial charge < -0.3 is 151 Å². The third-order valence-electron chi connectivity index (χ3n) is 19.6. The quantitative estimate of drug-likeness (QED) is 0.0150. The third kappa shape index (κ3) is 47.3. The summed E-state index contributed by atoms with van der Waals surface area (Å²) < 4.78 is 133. The summed E-state index contributed by atoms with van der Waals surface area (Å²) in [5, 5.41) is 27.9. The second-order valence-corrected chi connectivity index (χ2v) is 32.7. The Morgan fingerprint density at radius 1 is 0.407 bits per heavy atom. The van der Waals surface area contributed by atoms with Crippen molar-refractivity contribution in [3.8, 4) is 6.07 Å². The van der Waals surface area contributed by atoms with Crippen LogP contribution in [0.2, 0.25) is 0 Å². The van der Waals surface area contributed by atoms with Crippen LogP contribution in [-0.4, -0.2) is 385 Å². The largest absolute Gasteiger partial charge is 0.463 e. The molecular formula is C84H135N10O40P. The van der Waals surface area contributed by atoms with E-state index in [2.05, 4.69) is 43.3 Å². The van der Waals surface area contributed by atoms with Gasteiger partial charge in [0.25, 0.3) is 8.53 Å². The average Bonchev–Trinajstić information content (AvgIpc) is 0.792. The van der Waals surface area contributed by atoms with Gasteiger partial charge in [0.2, 0.25) is 47.3 Å². The zero-order valence-corrected chi connectivity index (χ0v) is 80.1. The van der Waals surface area contributed by atoms with Crippen LogP contribution in [-0.2, 0) is 190 Å². The van der Waals surface area contributed by atoms with Crippen LogP contribution in [0.5, 0.6) is 0 Å². The maximum Gasteiger partial charge on any atom is 0.303 e. The van der Waals surface area contributed by atoms with Crippen LogP contribution < -0.4 is 37.2 Å². The first kappa shape index (κ1) is 118. The Bertz CT molecular complexity index is 3680. The smallest absolute Gasteiger partial charge is 0.303 e. The Labute approximate surface area is 784 Å². The molecule has 0 radical (unpaired) electrons. The minimum Gasteiger partial charge on any atom is -0.463 e. The van der Waals surface area contributed by atoms with E-state index in [0.29, 0.717) is 32.2 Å². The Balaban J connectivity index is 1.49. The molecular weight excluding hydrogens is 1820 g/mol. The van der Waals surface area contributed by atoms with Gasteiger partial charge in [0.1, 0.15) is 75.4 Å². The summed E-state index contributed by atoms with van der Waals surface area (Å²) in [4.78, 5) is 218. The van der Waals surface area contributed by atoms with Crippen molar-refractivity contribution in [2.24, 2.45) is 5.92 Å². The number of carbonyl (C=O) groups is 17. The molecule has 8 amide bonds. The molecule has 0 aromatic heterocycles. The fourth-order valence-corrected chi connectivity index (χ4v) is 15.7. The van der Waals surface area contributed by atoms with E-state index in [9.17, 15) is 82.0 Å². The lowest BCUT2D eigenvalue weighted by Crippen LogP contribution is -2.66. The van der Waals surface area contributed by atoms with E-state index < -0.39 is 246 Å². The van der Waals surface area contributed by atoms with E-state index in [4.69, 9.17) is 109 Å². The summed E-state index contributed by atoms with van der Waals surface area (Å²) in [6, 6.07) is -3.09.